The molecule has 116 valence electrons. The number of unbranched alkanes of at least 4 members (excludes halogenated alkanes) is 9. The van der Waals surface area contributed by atoms with E-state index in [1.54, 1.807) is 0 Å². The summed E-state index contributed by atoms with van der Waals surface area (Å²) in [4.78, 5) is 0. The van der Waals surface area contributed by atoms with E-state index in [1.165, 1.54) is 51.4 Å². The third-order valence-corrected chi connectivity index (χ3v) is 6.98. The van der Waals surface area contributed by atoms with Crippen molar-refractivity contribution in [1.82, 2.24) is 0 Å². The van der Waals surface area contributed by atoms with Crippen molar-refractivity contribution < 1.29 is 11.9 Å². The minimum Gasteiger partial charge on any atom is -0.265 e. The van der Waals surface area contributed by atoms with E-state index in [2.05, 4.69) is 18.9 Å². The zero-order chi connectivity index (χ0) is 14.4. The third-order valence-electron chi connectivity index (χ3n) is 3.19. The minimum atomic E-state index is -3.01. The van der Waals surface area contributed by atoms with Gasteiger partial charge in [-0.15, -0.1) is 0 Å². The molecule has 0 atom stereocenters. The fourth-order valence-electron chi connectivity index (χ4n) is 1.98. The Labute approximate surface area is 133 Å². The molecule has 0 spiro atoms. The van der Waals surface area contributed by atoms with Gasteiger partial charge in [0.2, 0.25) is 0 Å². The maximum Gasteiger partial charge on any atom is 0.550 e. The van der Waals surface area contributed by atoms with Crippen LogP contribution in [0.25, 0.3) is 0 Å². The summed E-state index contributed by atoms with van der Waals surface area (Å²) >= 11 is 15.9. The predicted molar refractivity (Wildman–Crippen MR) is 83.2 cm³/mol. The van der Waals surface area contributed by atoms with Crippen LogP contribution in [0, 0.1) is 0 Å². The van der Waals surface area contributed by atoms with Crippen LogP contribution in [0.2, 0.25) is 6.04 Å². The van der Waals surface area contributed by atoms with Crippen LogP contribution in [-0.2, 0) is 11.9 Å². The molecule has 7 heteroatoms. The molecule has 0 aliphatic rings. The highest BCUT2D eigenvalue weighted by Crippen LogP contribution is 2.24. The lowest BCUT2D eigenvalue weighted by atomic mass is 10.1. The highest BCUT2D eigenvalue weighted by atomic mass is 35.5. The molecular weight excluding hydrogens is 327 g/mol. The Hall–Kier alpha value is 0.967. The van der Waals surface area contributed by atoms with Crippen molar-refractivity contribution in [3.05, 3.63) is 0 Å². The van der Waals surface area contributed by atoms with Gasteiger partial charge in [-0.25, -0.2) is 0 Å². The van der Waals surface area contributed by atoms with E-state index in [0.29, 0.717) is 6.04 Å². The molecule has 0 amide bonds. The molecule has 0 saturated carbocycles. The van der Waals surface area contributed by atoms with Crippen molar-refractivity contribution in [2.24, 2.45) is 0 Å². The van der Waals surface area contributed by atoms with Crippen molar-refractivity contribution in [3.8, 4) is 0 Å². The number of rotatable bonds is 14. The molecule has 0 heterocycles. The van der Waals surface area contributed by atoms with E-state index in [1.807, 2.05) is 0 Å². The van der Waals surface area contributed by atoms with Crippen LogP contribution in [0.4, 0.5) is 0 Å². The van der Waals surface area contributed by atoms with Gasteiger partial charge in [-0.3, -0.25) is 11.9 Å². The zero-order valence-corrected chi connectivity index (χ0v) is 14.9. The molecule has 3 nitrogen and oxygen atoms in total. The average molecular weight is 352 g/mol. The Morgan fingerprint density at radius 3 is 1.37 bits per heavy atom. The van der Waals surface area contributed by atoms with Crippen LogP contribution >= 0.6 is 35.6 Å². The quantitative estimate of drug-likeness (QED) is 0.269. The first-order chi connectivity index (χ1) is 9.24. The highest BCUT2D eigenvalue weighted by molar-refractivity contribution is 6.70. The first kappa shape index (κ1) is 20.0. The Morgan fingerprint density at radius 1 is 0.632 bits per heavy atom. The molecule has 0 N–H and O–H groups in total. The smallest absolute Gasteiger partial charge is 0.265 e. The summed E-state index contributed by atoms with van der Waals surface area (Å²) in [5.41, 5.74) is 0. The molecule has 0 rings (SSSR count). The Morgan fingerprint density at radius 2 is 1.00 bits per heavy atom. The summed E-state index contributed by atoms with van der Waals surface area (Å²) in [5, 5.41) is 0. The molecule has 19 heavy (non-hydrogen) atoms. The van der Waals surface area contributed by atoms with Crippen LogP contribution < -0.4 is 0 Å². The molecule has 0 saturated heterocycles. The third kappa shape index (κ3) is 10.4. The van der Waals surface area contributed by atoms with E-state index in [9.17, 15) is 0 Å². The van der Waals surface area contributed by atoms with Gasteiger partial charge in [0.25, 0.3) is 0 Å². The van der Waals surface area contributed by atoms with Gasteiger partial charge >= 0.3 is 8.80 Å². The zero-order valence-electron chi connectivity index (χ0n) is 11.6. The van der Waals surface area contributed by atoms with Crippen molar-refractivity contribution in [3.63, 3.8) is 0 Å². The predicted octanol–water partition coefficient (Wildman–Crippen LogP) is 6.36. The van der Waals surface area contributed by atoms with Crippen LogP contribution in [-0.4, -0.2) is 8.80 Å². The maximum absolute atomic E-state index is 5.29. The van der Waals surface area contributed by atoms with Gasteiger partial charge in [0.05, 0.1) is 35.6 Å². The van der Waals surface area contributed by atoms with Crippen LogP contribution in [0.15, 0.2) is 0 Å². The molecule has 0 aromatic heterocycles. The van der Waals surface area contributed by atoms with E-state index in [4.69, 9.17) is 35.6 Å². The molecule has 0 unspecified atom stereocenters. The first-order valence-corrected chi connectivity index (χ1v) is 9.99. The second-order valence-electron chi connectivity index (χ2n) is 4.85. The molecular formula is C12H25Cl3O3Si. The van der Waals surface area contributed by atoms with Gasteiger partial charge in [0.1, 0.15) is 0 Å². The molecule has 0 radical (unpaired) electrons. The van der Waals surface area contributed by atoms with Crippen molar-refractivity contribution in [1.29, 1.82) is 0 Å². The second kappa shape index (κ2) is 13.9. The highest BCUT2D eigenvalue weighted by Gasteiger charge is 2.42. The normalized spacial score (nSPS) is 12.0. The second-order valence-corrected chi connectivity index (χ2v) is 8.56. The van der Waals surface area contributed by atoms with Gasteiger partial charge in [0, 0.05) is 6.04 Å². The Kier molecular flexibility index (Phi) is 14.6. The van der Waals surface area contributed by atoms with Gasteiger partial charge in [0.15, 0.2) is 0 Å². The minimum absolute atomic E-state index is 0.542. The number of hydrogen-bond donors (Lipinski definition) is 0. The lowest BCUT2D eigenvalue weighted by Crippen LogP contribution is -2.37. The molecule has 0 aliphatic heterocycles. The lowest BCUT2D eigenvalue weighted by Gasteiger charge is -2.17. The number of hydrogen-bond acceptors (Lipinski definition) is 3. The summed E-state index contributed by atoms with van der Waals surface area (Å²) in [5.74, 6) is 0. The molecule has 0 aromatic rings. The standard InChI is InChI=1S/C12H25Cl3O3Si/c1-2-3-4-5-6-7-8-9-10-11-12-19(16-13,17-14)18-15/h2-12H2,1H3. The lowest BCUT2D eigenvalue weighted by molar-refractivity contribution is 0.294. The first-order valence-electron chi connectivity index (χ1n) is 7.14. The van der Waals surface area contributed by atoms with Gasteiger partial charge in [-0.05, 0) is 6.42 Å². The van der Waals surface area contributed by atoms with Crippen molar-refractivity contribution >= 4 is 44.4 Å². The van der Waals surface area contributed by atoms with E-state index >= 15 is 0 Å². The molecule has 0 fully saturated rings. The van der Waals surface area contributed by atoms with E-state index < -0.39 is 8.80 Å². The van der Waals surface area contributed by atoms with Crippen LogP contribution in [0.5, 0.6) is 0 Å². The van der Waals surface area contributed by atoms with Crippen LogP contribution in [0.3, 0.4) is 0 Å². The fraction of sp³-hybridized carbons (Fsp3) is 1.00. The summed E-state index contributed by atoms with van der Waals surface area (Å²) < 4.78 is 13.9. The van der Waals surface area contributed by atoms with Gasteiger partial charge < -0.3 is 0 Å². The fourth-order valence-corrected chi connectivity index (χ4v) is 4.52. The van der Waals surface area contributed by atoms with Gasteiger partial charge in [-0.2, -0.15) is 0 Å². The van der Waals surface area contributed by atoms with E-state index in [0.717, 1.165) is 12.8 Å². The van der Waals surface area contributed by atoms with Crippen molar-refractivity contribution in [2.45, 2.75) is 77.2 Å². The largest absolute Gasteiger partial charge is 0.550 e. The summed E-state index contributed by atoms with van der Waals surface area (Å²) in [6.07, 6.45) is 12.5. The van der Waals surface area contributed by atoms with Crippen LogP contribution in [0.1, 0.15) is 71.1 Å². The molecule has 0 aromatic carbocycles. The Balaban J connectivity index is 3.35. The molecule has 0 aliphatic carbocycles. The molecule has 0 bridgehead atoms. The van der Waals surface area contributed by atoms with Crippen molar-refractivity contribution in [2.75, 3.05) is 0 Å². The van der Waals surface area contributed by atoms with E-state index in [-0.39, 0.29) is 0 Å². The summed E-state index contributed by atoms with van der Waals surface area (Å²) in [7, 11) is -3.01. The topological polar surface area (TPSA) is 27.7 Å². The van der Waals surface area contributed by atoms with Gasteiger partial charge in [-0.1, -0.05) is 64.7 Å². The SMILES string of the molecule is CCCCCCCCCCCC[Si](OCl)(OCl)OCl. The summed E-state index contributed by atoms with van der Waals surface area (Å²) in [6.45, 7) is 2.24. The summed E-state index contributed by atoms with van der Waals surface area (Å²) in [6, 6.07) is 0.542. The maximum atomic E-state index is 5.29. The monoisotopic (exact) mass is 350 g/mol. The number of halogens is 3. The average Bonchev–Trinajstić information content (AvgIpc) is 2.46. The Bertz CT molecular complexity index is 187.